The lowest BCUT2D eigenvalue weighted by Gasteiger charge is -2.42. The van der Waals surface area contributed by atoms with E-state index >= 15 is 0 Å². The Labute approximate surface area is 121 Å². The van der Waals surface area contributed by atoms with Gasteiger partial charge >= 0.3 is 0 Å². The van der Waals surface area contributed by atoms with Crippen LogP contribution in [0.5, 0.6) is 0 Å². The van der Waals surface area contributed by atoms with Crippen LogP contribution in [0.15, 0.2) is 16.8 Å². The molecule has 3 rings (SSSR count). The molecule has 0 aromatic carbocycles. The van der Waals surface area contributed by atoms with Crippen molar-refractivity contribution in [2.24, 2.45) is 0 Å². The SMILES string of the molecule is CCNC1CC2CCC(C1)N2C(C)Cc1ccsc1. The van der Waals surface area contributed by atoms with Crippen LogP contribution in [0.2, 0.25) is 0 Å². The van der Waals surface area contributed by atoms with E-state index in [-0.39, 0.29) is 0 Å². The smallest absolute Gasteiger partial charge is 0.0116 e. The fraction of sp³-hybridized carbons (Fsp3) is 0.750. The van der Waals surface area contributed by atoms with E-state index in [1.54, 1.807) is 0 Å². The molecule has 2 fully saturated rings. The van der Waals surface area contributed by atoms with Crippen molar-refractivity contribution in [1.82, 2.24) is 10.2 Å². The van der Waals surface area contributed by atoms with Crippen molar-refractivity contribution in [3.63, 3.8) is 0 Å². The van der Waals surface area contributed by atoms with Crippen molar-refractivity contribution in [3.05, 3.63) is 22.4 Å². The second-order valence-electron chi connectivity index (χ2n) is 6.24. The second-order valence-corrected chi connectivity index (χ2v) is 7.02. The van der Waals surface area contributed by atoms with Crippen LogP contribution in [0.3, 0.4) is 0 Å². The molecular weight excluding hydrogens is 252 g/mol. The average molecular weight is 278 g/mol. The first-order valence-corrected chi connectivity index (χ1v) is 8.74. The first kappa shape index (κ1) is 13.6. The highest BCUT2D eigenvalue weighted by Gasteiger charge is 2.42. The van der Waals surface area contributed by atoms with E-state index in [9.17, 15) is 0 Å². The Morgan fingerprint density at radius 3 is 2.68 bits per heavy atom. The first-order chi connectivity index (χ1) is 9.28. The molecule has 0 radical (unpaired) electrons. The van der Waals surface area contributed by atoms with Crippen LogP contribution in [-0.2, 0) is 6.42 Å². The summed E-state index contributed by atoms with van der Waals surface area (Å²) in [5, 5.41) is 8.18. The number of hydrogen-bond acceptors (Lipinski definition) is 3. The molecule has 106 valence electrons. The summed E-state index contributed by atoms with van der Waals surface area (Å²) in [6.07, 6.45) is 6.78. The largest absolute Gasteiger partial charge is 0.314 e. The van der Waals surface area contributed by atoms with Gasteiger partial charge in [-0.15, -0.1) is 0 Å². The monoisotopic (exact) mass is 278 g/mol. The lowest BCUT2D eigenvalue weighted by Crippen LogP contribution is -2.52. The van der Waals surface area contributed by atoms with Crippen molar-refractivity contribution < 1.29 is 0 Å². The van der Waals surface area contributed by atoms with E-state index in [0.29, 0.717) is 6.04 Å². The highest BCUT2D eigenvalue weighted by atomic mass is 32.1. The van der Waals surface area contributed by atoms with Gasteiger partial charge in [0.25, 0.3) is 0 Å². The van der Waals surface area contributed by atoms with Gasteiger partial charge in [-0.05, 0) is 68.0 Å². The maximum absolute atomic E-state index is 3.67. The molecule has 0 aliphatic carbocycles. The standard InChI is InChI=1S/C16H26N2S/c1-3-17-14-9-15-4-5-16(10-14)18(15)12(2)8-13-6-7-19-11-13/h6-7,11-12,14-17H,3-5,8-10H2,1-2H3. The lowest BCUT2D eigenvalue weighted by atomic mass is 9.94. The average Bonchev–Trinajstić information content (AvgIpc) is 2.97. The van der Waals surface area contributed by atoms with Crippen LogP contribution >= 0.6 is 11.3 Å². The molecule has 0 saturated carbocycles. The molecule has 2 bridgehead atoms. The van der Waals surface area contributed by atoms with Crippen molar-refractivity contribution in [2.45, 2.75) is 70.1 Å². The summed E-state index contributed by atoms with van der Waals surface area (Å²) in [6, 6.07) is 5.42. The van der Waals surface area contributed by atoms with Crippen molar-refractivity contribution in [1.29, 1.82) is 0 Å². The van der Waals surface area contributed by atoms with Crippen LogP contribution in [0.25, 0.3) is 0 Å². The summed E-state index contributed by atoms with van der Waals surface area (Å²) in [5.41, 5.74) is 1.52. The van der Waals surface area contributed by atoms with Gasteiger partial charge in [-0.25, -0.2) is 0 Å². The molecule has 2 saturated heterocycles. The summed E-state index contributed by atoms with van der Waals surface area (Å²) in [6.45, 7) is 5.78. The van der Waals surface area contributed by atoms with Crippen LogP contribution < -0.4 is 5.32 Å². The van der Waals surface area contributed by atoms with E-state index in [0.717, 1.165) is 24.7 Å². The maximum Gasteiger partial charge on any atom is 0.0116 e. The van der Waals surface area contributed by atoms with Gasteiger partial charge in [-0.1, -0.05) is 6.92 Å². The molecular formula is C16H26N2S. The molecule has 3 heteroatoms. The molecule has 2 nitrogen and oxygen atoms in total. The molecule has 3 unspecified atom stereocenters. The Bertz CT molecular complexity index is 375. The van der Waals surface area contributed by atoms with Gasteiger partial charge in [0, 0.05) is 24.2 Å². The molecule has 0 amide bonds. The maximum atomic E-state index is 3.67. The summed E-state index contributed by atoms with van der Waals surface area (Å²) < 4.78 is 0. The highest BCUT2D eigenvalue weighted by Crippen LogP contribution is 2.37. The quantitative estimate of drug-likeness (QED) is 0.889. The second kappa shape index (κ2) is 5.94. The van der Waals surface area contributed by atoms with Gasteiger partial charge < -0.3 is 5.32 Å². The van der Waals surface area contributed by atoms with E-state index in [2.05, 4.69) is 40.9 Å². The first-order valence-electron chi connectivity index (χ1n) is 7.79. The number of nitrogens with zero attached hydrogens (tertiary/aromatic N) is 1. The van der Waals surface area contributed by atoms with Crippen molar-refractivity contribution >= 4 is 11.3 Å². The summed E-state index contributed by atoms with van der Waals surface area (Å²) in [5.74, 6) is 0. The topological polar surface area (TPSA) is 15.3 Å². The predicted octanol–water partition coefficient (Wildman–Crippen LogP) is 3.28. The zero-order valence-corrected chi connectivity index (χ0v) is 13.0. The number of rotatable bonds is 5. The molecule has 1 aromatic rings. The van der Waals surface area contributed by atoms with Crippen molar-refractivity contribution in [3.8, 4) is 0 Å². The van der Waals surface area contributed by atoms with E-state index in [1.807, 2.05) is 11.3 Å². The molecule has 3 heterocycles. The Morgan fingerprint density at radius 2 is 2.11 bits per heavy atom. The van der Waals surface area contributed by atoms with Gasteiger partial charge in [-0.2, -0.15) is 11.3 Å². The molecule has 1 aromatic heterocycles. The molecule has 1 N–H and O–H groups in total. The fourth-order valence-electron chi connectivity index (χ4n) is 4.24. The normalized spacial score (nSPS) is 32.6. The van der Waals surface area contributed by atoms with E-state index < -0.39 is 0 Å². The van der Waals surface area contributed by atoms with Gasteiger partial charge in [0.1, 0.15) is 0 Å². The minimum atomic E-state index is 0.703. The number of piperidine rings is 1. The third kappa shape index (κ3) is 2.88. The fourth-order valence-corrected chi connectivity index (χ4v) is 4.93. The Hall–Kier alpha value is -0.380. The van der Waals surface area contributed by atoms with Gasteiger partial charge in [-0.3, -0.25) is 4.90 Å². The number of hydrogen-bond donors (Lipinski definition) is 1. The predicted molar refractivity (Wildman–Crippen MR) is 82.8 cm³/mol. The van der Waals surface area contributed by atoms with Gasteiger partial charge in [0.2, 0.25) is 0 Å². The highest BCUT2D eigenvalue weighted by molar-refractivity contribution is 7.07. The van der Waals surface area contributed by atoms with Gasteiger partial charge in [0.05, 0.1) is 0 Å². The van der Waals surface area contributed by atoms with Crippen LogP contribution in [0.4, 0.5) is 0 Å². The third-order valence-corrected chi connectivity index (χ3v) is 5.63. The Balaban J connectivity index is 1.63. The summed E-state index contributed by atoms with van der Waals surface area (Å²) >= 11 is 1.82. The lowest BCUT2D eigenvalue weighted by molar-refractivity contribution is 0.0778. The summed E-state index contributed by atoms with van der Waals surface area (Å²) in [4.78, 5) is 2.84. The number of nitrogens with one attached hydrogen (secondary N) is 1. The zero-order valence-electron chi connectivity index (χ0n) is 12.1. The molecule has 3 atom stereocenters. The van der Waals surface area contributed by atoms with Gasteiger partial charge in [0.15, 0.2) is 0 Å². The number of thiophene rings is 1. The Kier molecular flexibility index (Phi) is 4.25. The molecule has 2 aliphatic heterocycles. The minimum absolute atomic E-state index is 0.703. The molecule has 0 spiro atoms. The molecule has 19 heavy (non-hydrogen) atoms. The third-order valence-electron chi connectivity index (χ3n) is 4.90. The number of fused-ring (bicyclic) bond motifs is 2. The summed E-state index contributed by atoms with van der Waals surface area (Å²) in [7, 11) is 0. The minimum Gasteiger partial charge on any atom is -0.314 e. The van der Waals surface area contributed by atoms with Crippen LogP contribution in [0.1, 0.15) is 45.1 Å². The van der Waals surface area contributed by atoms with Crippen molar-refractivity contribution in [2.75, 3.05) is 6.54 Å². The zero-order chi connectivity index (χ0) is 13.2. The van der Waals surface area contributed by atoms with Crippen LogP contribution in [-0.4, -0.2) is 35.6 Å². The molecule has 2 aliphatic rings. The van der Waals surface area contributed by atoms with E-state index in [4.69, 9.17) is 0 Å². The Morgan fingerprint density at radius 1 is 1.37 bits per heavy atom. The van der Waals surface area contributed by atoms with Crippen LogP contribution in [0, 0.1) is 0 Å². The van der Waals surface area contributed by atoms with E-state index in [1.165, 1.54) is 37.7 Å².